The largest absolute Gasteiger partial charge is 0.478 e. The topological polar surface area (TPSA) is 88.8 Å². The van der Waals surface area contributed by atoms with E-state index in [1.807, 2.05) is 13.0 Å². The summed E-state index contributed by atoms with van der Waals surface area (Å²) >= 11 is 0. The quantitative estimate of drug-likeness (QED) is 0.823. The lowest BCUT2D eigenvalue weighted by molar-refractivity contribution is 0.0600. The maximum atomic E-state index is 11.7. The van der Waals surface area contributed by atoms with Crippen LogP contribution in [0.2, 0.25) is 0 Å². The summed E-state index contributed by atoms with van der Waals surface area (Å²) in [7, 11) is 1.32. The Hall–Kier alpha value is -2.76. The first-order chi connectivity index (χ1) is 10.0. The number of rotatable bonds is 5. The molecule has 0 atom stereocenters. The zero-order valence-corrected chi connectivity index (χ0v) is 11.7. The van der Waals surface area contributed by atoms with Crippen LogP contribution >= 0.6 is 0 Å². The molecule has 0 aliphatic heterocycles. The fraction of sp³-hybridized carbons (Fsp3) is 0.200. The molecule has 0 saturated heterocycles. The zero-order chi connectivity index (χ0) is 15.4. The number of furan rings is 1. The average Bonchev–Trinajstić information content (AvgIpc) is 2.94. The molecule has 6 nitrogen and oxygen atoms in total. The Bertz CT molecular complexity index is 674. The third-order valence-corrected chi connectivity index (χ3v) is 2.93. The van der Waals surface area contributed by atoms with Crippen LogP contribution < -0.4 is 5.32 Å². The minimum absolute atomic E-state index is 0.0869. The van der Waals surface area contributed by atoms with Crippen molar-refractivity contribution in [3.63, 3.8) is 0 Å². The van der Waals surface area contributed by atoms with Crippen LogP contribution in [0.5, 0.6) is 0 Å². The molecule has 6 heteroatoms. The van der Waals surface area contributed by atoms with Gasteiger partial charge < -0.3 is 19.6 Å². The predicted octanol–water partition coefficient (Wildman–Crippen LogP) is 2.68. The van der Waals surface area contributed by atoms with Gasteiger partial charge in [0.2, 0.25) is 0 Å². The van der Waals surface area contributed by atoms with E-state index < -0.39 is 11.9 Å². The monoisotopic (exact) mass is 289 g/mol. The normalized spacial score (nSPS) is 10.2. The first kappa shape index (κ1) is 14.6. The van der Waals surface area contributed by atoms with Crippen LogP contribution in [0, 0.1) is 6.92 Å². The van der Waals surface area contributed by atoms with Crippen LogP contribution in [0.15, 0.2) is 34.9 Å². The lowest BCUT2D eigenvalue weighted by Crippen LogP contribution is -2.08. The van der Waals surface area contributed by atoms with Crippen LogP contribution in [0.4, 0.5) is 5.69 Å². The zero-order valence-electron chi connectivity index (χ0n) is 11.7. The van der Waals surface area contributed by atoms with E-state index >= 15 is 0 Å². The van der Waals surface area contributed by atoms with E-state index in [1.54, 1.807) is 12.1 Å². The van der Waals surface area contributed by atoms with E-state index in [4.69, 9.17) is 14.3 Å². The minimum Gasteiger partial charge on any atom is -0.478 e. The van der Waals surface area contributed by atoms with Crippen molar-refractivity contribution >= 4 is 17.6 Å². The molecule has 1 aromatic heterocycles. The molecule has 0 bridgehead atoms. The highest BCUT2D eigenvalue weighted by Crippen LogP contribution is 2.20. The Kier molecular flexibility index (Phi) is 4.27. The van der Waals surface area contributed by atoms with E-state index in [2.05, 4.69) is 5.32 Å². The van der Waals surface area contributed by atoms with Crippen molar-refractivity contribution in [1.82, 2.24) is 0 Å². The second kappa shape index (κ2) is 6.13. The number of anilines is 1. The van der Waals surface area contributed by atoms with E-state index in [0.717, 1.165) is 5.56 Å². The molecule has 0 amide bonds. The number of carboxylic acids is 1. The number of carboxylic acid groups (broad SMARTS) is 1. The van der Waals surface area contributed by atoms with Gasteiger partial charge in [0, 0.05) is 5.69 Å². The summed E-state index contributed by atoms with van der Waals surface area (Å²) in [5, 5.41) is 11.9. The molecule has 21 heavy (non-hydrogen) atoms. The highest BCUT2D eigenvalue weighted by atomic mass is 16.5. The summed E-state index contributed by atoms with van der Waals surface area (Å²) in [6.07, 6.45) is 1.18. The molecule has 2 N–H and O–H groups in total. The van der Waals surface area contributed by atoms with Gasteiger partial charge in [0.05, 0.1) is 24.8 Å². The number of ether oxygens (including phenoxy) is 1. The van der Waals surface area contributed by atoms with Crippen LogP contribution in [-0.4, -0.2) is 24.2 Å². The van der Waals surface area contributed by atoms with Crippen LogP contribution in [0.3, 0.4) is 0 Å². The van der Waals surface area contributed by atoms with Crippen molar-refractivity contribution in [3.05, 3.63) is 53.0 Å². The number of esters is 1. The Morgan fingerprint density at radius 2 is 2.10 bits per heavy atom. The molecule has 0 fully saturated rings. The van der Waals surface area contributed by atoms with Gasteiger partial charge in [0.15, 0.2) is 0 Å². The molecule has 2 aromatic rings. The maximum Gasteiger partial charge on any atom is 0.339 e. The second-order valence-corrected chi connectivity index (χ2v) is 4.50. The molecule has 110 valence electrons. The van der Waals surface area contributed by atoms with Gasteiger partial charge in [0.1, 0.15) is 12.0 Å². The van der Waals surface area contributed by atoms with Crippen molar-refractivity contribution in [2.75, 3.05) is 12.4 Å². The smallest absolute Gasteiger partial charge is 0.339 e. The lowest BCUT2D eigenvalue weighted by Gasteiger charge is -2.10. The Morgan fingerprint density at radius 3 is 2.71 bits per heavy atom. The van der Waals surface area contributed by atoms with Crippen molar-refractivity contribution in [2.45, 2.75) is 13.5 Å². The minimum atomic E-state index is -1.05. The summed E-state index contributed by atoms with van der Waals surface area (Å²) in [5.74, 6) is -1.02. The fourth-order valence-corrected chi connectivity index (χ4v) is 1.86. The molecular weight excluding hydrogens is 274 g/mol. The van der Waals surface area contributed by atoms with Crippen LogP contribution in [0.25, 0.3) is 0 Å². The number of carbonyl (C=O) groups excluding carboxylic acids is 1. The highest BCUT2D eigenvalue weighted by Gasteiger charge is 2.13. The molecule has 0 unspecified atom stereocenters. The van der Waals surface area contributed by atoms with Crippen LogP contribution in [0.1, 0.15) is 32.0 Å². The number of hydrogen-bond acceptors (Lipinski definition) is 5. The predicted molar refractivity (Wildman–Crippen MR) is 75.5 cm³/mol. The molecule has 1 heterocycles. The van der Waals surface area contributed by atoms with Gasteiger partial charge in [-0.15, -0.1) is 0 Å². The average molecular weight is 289 g/mol. The summed E-state index contributed by atoms with van der Waals surface area (Å²) in [6, 6.07) is 6.78. The highest BCUT2D eigenvalue weighted by molar-refractivity contribution is 5.95. The Balaban J connectivity index is 2.15. The summed E-state index contributed by atoms with van der Waals surface area (Å²) in [6.45, 7) is 2.14. The first-order valence-electron chi connectivity index (χ1n) is 6.25. The third kappa shape index (κ3) is 3.42. The van der Waals surface area contributed by atoms with Gasteiger partial charge in [-0.2, -0.15) is 0 Å². The molecule has 2 rings (SSSR count). The fourth-order valence-electron chi connectivity index (χ4n) is 1.86. The van der Waals surface area contributed by atoms with Crippen molar-refractivity contribution in [2.24, 2.45) is 0 Å². The third-order valence-electron chi connectivity index (χ3n) is 2.93. The maximum absolute atomic E-state index is 11.7. The van der Waals surface area contributed by atoms with Crippen molar-refractivity contribution < 1.29 is 23.8 Å². The molecule has 0 radical (unpaired) electrons. The van der Waals surface area contributed by atoms with E-state index in [9.17, 15) is 9.59 Å². The van der Waals surface area contributed by atoms with Gasteiger partial charge in [-0.1, -0.05) is 11.6 Å². The second-order valence-electron chi connectivity index (χ2n) is 4.50. The summed E-state index contributed by atoms with van der Waals surface area (Å²) in [5.41, 5.74) is 2.04. The molecular formula is C15H15NO5. The Morgan fingerprint density at radius 1 is 1.33 bits per heavy atom. The number of carbonyl (C=O) groups is 2. The number of aryl methyl sites for hydroxylation is 1. The van der Waals surface area contributed by atoms with Crippen molar-refractivity contribution in [1.29, 1.82) is 0 Å². The standard InChI is InChI=1S/C15H15NO5/c1-9-3-4-13(12(5-9)15(19)20-2)16-7-11-6-10(8-21-11)14(17)18/h3-6,8,16H,7H2,1-2H3,(H,17,18). The number of nitrogens with one attached hydrogen (secondary N) is 1. The van der Waals surface area contributed by atoms with Crippen LogP contribution in [-0.2, 0) is 11.3 Å². The number of hydrogen-bond donors (Lipinski definition) is 2. The lowest BCUT2D eigenvalue weighted by atomic mass is 10.1. The number of methoxy groups -OCH3 is 1. The molecule has 0 saturated carbocycles. The number of benzene rings is 1. The van der Waals surface area contributed by atoms with Crippen molar-refractivity contribution in [3.8, 4) is 0 Å². The van der Waals surface area contributed by atoms with Gasteiger partial charge in [0.25, 0.3) is 0 Å². The first-order valence-corrected chi connectivity index (χ1v) is 6.25. The molecule has 0 spiro atoms. The van der Waals surface area contributed by atoms with Gasteiger partial charge in [-0.3, -0.25) is 0 Å². The number of aromatic carboxylic acids is 1. The van der Waals surface area contributed by atoms with E-state index in [0.29, 0.717) is 17.0 Å². The van der Waals surface area contributed by atoms with Gasteiger partial charge in [-0.25, -0.2) is 9.59 Å². The Labute approximate surface area is 121 Å². The molecule has 0 aliphatic rings. The summed E-state index contributed by atoms with van der Waals surface area (Å²) in [4.78, 5) is 22.5. The van der Waals surface area contributed by atoms with Gasteiger partial charge in [-0.05, 0) is 25.1 Å². The van der Waals surface area contributed by atoms with Gasteiger partial charge >= 0.3 is 11.9 Å². The summed E-state index contributed by atoms with van der Waals surface area (Å²) < 4.78 is 9.88. The molecule has 1 aromatic carbocycles. The SMILES string of the molecule is COC(=O)c1cc(C)ccc1NCc1cc(C(=O)O)co1. The van der Waals surface area contributed by atoms with E-state index in [-0.39, 0.29) is 12.1 Å². The van der Waals surface area contributed by atoms with E-state index in [1.165, 1.54) is 19.4 Å². The molecule has 0 aliphatic carbocycles.